The van der Waals surface area contributed by atoms with Crippen molar-refractivity contribution in [3.05, 3.63) is 71.8 Å². The van der Waals surface area contributed by atoms with Gasteiger partial charge in [0.25, 0.3) is 0 Å². The number of carbonyl (C=O) groups excluding carboxylic acids is 1. The molecule has 0 atom stereocenters. The Balaban J connectivity index is 1.65. The maximum atomic E-state index is 12.4. The number of anilines is 1. The highest BCUT2D eigenvalue weighted by Crippen LogP contribution is 2.20. The number of carbonyl (C=O) groups is 1. The molecule has 0 aromatic heterocycles. The first kappa shape index (κ1) is 21.0. The Morgan fingerprint density at radius 2 is 1.72 bits per heavy atom. The summed E-state index contributed by atoms with van der Waals surface area (Å²) in [7, 11) is -0.342. The second kappa shape index (κ2) is 8.73. The summed E-state index contributed by atoms with van der Waals surface area (Å²) < 4.78 is 26.5. The van der Waals surface area contributed by atoms with E-state index in [1.165, 1.54) is 23.9 Å². The van der Waals surface area contributed by atoms with E-state index in [9.17, 15) is 13.2 Å². The minimum absolute atomic E-state index is 0.155. The van der Waals surface area contributed by atoms with Crippen LogP contribution in [-0.4, -0.2) is 39.9 Å². The van der Waals surface area contributed by atoms with Crippen LogP contribution in [0.3, 0.4) is 0 Å². The van der Waals surface area contributed by atoms with Crippen LogP contribution in [0.2, 0.25) is 0 Å². The number of amides is 1. The summed E-state index contributed by atoms with van der Waals surface area (Å²) >= 11 is 0. The van der Waals surface area contributed by atoms with Crippen molar-refractivity contribution in [2.45, 2.75) is 18.4 Å². The van der Waals surface area contributed by atoms with E-state index in [4.69, 9.17) is 0 Å². The number of hydrogen-bond acceptors (Lipinski definition) is 4. The average Bonchev–Trinajstić information content (AvgIpc) is 2.69. The Hall–Kier alpha value is -2.74. The number of nitrogens with one attached hydrogen (secondary N) is 2. The SMILES string of the molecule is CNS(=O)(=O)c1cc(NC(=O)CN(C)Cc2ccc3ccccc3c2)ccc1C. The van der Waals surface area contributed by atoms with Crippen LogP contribution in [0.5, 0.6) is 0 Å². The van der Waals surface area contributed by atoms with Crippen molar-refractivity contribution in [1.82, 2.24) is 9.62 Å². The fourth-order valence-electron chi connectivity index (χ4n) is 3.23. The quantitative estimate of drug-likeness (QED) is 0.626. The summed E-state index contributed by atoms with van der Waals surface area (Å²) in [6.07, 6.45) is 0. The first-order chi connectivity index (χ1) is 13.8. The second-order valence-electron chi connectivity index (χ2n) is 7.09. The summed E-state index contributed by atoms with van der Waals surface area (Å²) in [5.74, 6) is -0.204. The third-order valence-electron chi connectivity index (χ3n) is 4.71. The van der Waals surface area contributed by atoms with E-state index in [2.05, 4.69) is 40.4 Å². The zero-order valence-electron chi connectivity index (χ0n) is 16.8. The van der Waals surface area contributed by atoms with Gasteiger partial charge in [0.05, 0.1) is 11.4 Å². The molecule has 0 spiro atoms. The molecular weight excluding hydrogens is 386 g/mol. The molecule has 29 heavy (non-hydrogen) atoms. The van der Waals surface area contributed by atoms with Gasteiger partial charge >= 0.3 is 0 Å². The molecule has 3 aromatic carbocycles. The lowest BCUT2D eigenvalue weighted by atomic mass is 10.1. The molecule has 1 amide bonds. The molecule has 0 fully saturated rings. The van der Waals surface area contributed by atoms with Gasteiger partial charge in [0, 0.05) is 12.2 Å². The van der Waals surface area contributed by atoms with Gasteiger partial charge in [-0.1, -0.05) is 42.5 Å². The molecule has 3 aromatic rings. The molecule has 0 unspecified atom stereocenters. The molecule has 6 nitrogen and oxygen atoms in total. The van der Waals surface area contributed by atoms with Crippen LogP contribution in [0.4, 0.5) is 5.69 Å². The van der Waals surface area contributed by atoms with Gasteiger partial charge in [0.2, 0.25) is 15.9 Å². The lowest BCUT2D eigenvalue weighted by Crippen LogP contribution is -2.30. The molecule has 0 aliphatic carbocycles. The second-order valence-corrected chi connectivity index (χ2v) is 8.94. The molecule has 7 heteroatoms. The monoisotopic (exact) mass is 411 g/mol. The van der Waals surface area contributed by atoms with E-state index in [1.54, 1.807) is 19.1 Å². The lowest BCUT2D eigenvalue weighted by Gasteiger charge is -2.17. The van der Waals surface area contributed by atoms with Crippen LogP contribution in [0.25, 0.3) is 10.8 Å². The number of rotatable bonds is 7. The maximum absolute atomic E-state index is 12.4. The lowest BCUT2D eigenvalue weighted by molar-refractivity contribution is -0.117. The molecule has 152 valence electrons. The topological polar surface area (TPSA) is 78.5 Å². The molecular formula is C22H25N3O3S. The Labute approximate surface area is 171 Å². The summed E-state index contributed by atoms with van der Waals surface area (Å²) in [5, 5.41) is 5.13. The number of fused-ring (bicyclic) bond motifs is 1. The highest BCUT2D eigenvalue weighted by atomic mass is 32.2. The van der Waals surface area contributed by atoms with Gasteiger partial charge < -0.3 is 5.32 Å². The third-order valence-corrected chi connectivity index (χ3v) is 6.27. The van der Waals surface area contributed by atoms with E-state index >= 15 is 0 Å². The largest absolute Gasteiger partial charge is 0.325 e. The van der Waals surface area contributed by atoms with Gasteiger partial charge in [-0.2, -0.15) is 0 Å². The highest BCUT2D eigenvalue weighted by Gasteiger charge is 2.16. The minimum atomic E-state index is -3.58. The fourth-order valence-corrected chi connectivity index (χ4v) is 4.22. The summed E-state index contributed by atoms with van der Waals surface area (Å²) in [6.45, 7) is 2.54. The maximum Gasteiger partial charge on any atom is 0.240 e. The van der Waals surface area contributed by atoms with Crippen LogP contribution in [0.1, 0.15) is 11.1 Å². The Morgan fingerprint density at radius 1 is 1.00 bits per heavy atom. The average molecular weight is 412 g/mol. The van der Waals surface area contributed by atoms with Crippen molar-refractivity contribution in [1.29, 1.82) is 0 Å². The van der Waals surface area contributed by atoms with Crippen LogP contribution >= 0.6 is 0 Å². The van der Waals surface area contributed by atoms with Gasteiger partial charge in [-0.3, -0.25) is 9.69 Å². The van der Waals surface area contributed by atoms with Crippen molar-refractivity contribution in [2.24, 2.45) is 0 Å². The molecule has 3 rings (SSSR count). The van der Waals surface area contributed by atoms with Crippen molar-refractivity contribution in [3.63, 3.8) is 0 Å². The van der Waals surface area contributed by atoms with Gasteiger partial charge in [0.1, 0.15) is 0 Å². The van der Waals surface area contributed by atoms with Crippen LogP contribution in [0, 0.1) is 6.92 Å². The van der Waals surface area contributed by atoms with Crippen LogP contribution in [-0.2, 0) is 21.4 Å². The smallest absolute Gasteiger partial charge is 0.240 e. The molecule has 0 saturated heterocycles. The Morgan fingerprint density at radius 3 is 2.45 bits per heavy atom. The van der Waals surface area contributed by atoms with E-state index in [1.807, 2.05) is 24.1 Å². The molecule has 0 heterocycles. The van der Waals surface area contributed by atoms with Gasteiger partial charge in [0.15, 0.2) is 0 Å². The number of nitrogens with zero attached hydrogens (tertiary/aromatic N) is 1. The van der Waals surface area contributed by atoms with Crippen molar-refractivity contribution >= 4 is 32.4 Å². The zero-order valence-corrected chi connectivity index (χ0v) is 17.6. The van der Waals surface area contributed by atoms with Crippen molar-refractivity contribution in [2.75, 3.05) is 26.0 Å². The van der Waals surface area contributed by atoms with Gasteiger partial charge in [-0.25, -0.2) is 13.1 Å². The molecule has 0 aliphatic rings. The van der Waals surface area contributed by atoms with Crippen molar-refractivity contribution < 1.29 is 13.2 Å². The van der Waals surface area contributed by atoms with Gasteiger partial charge in [-0.05, 0) is 61.1 Å². The number of sulfonamides is 1. The first-order valence-corrected chi connectivity index (χ1v) is 10.8. The third kappa shape index (κ3) is 5.20. The van der Waals surface area contributed by atoms with Crippen molar-refractivity contribution in [3.8, 4) is 0 Å². The van der Waals surface area contributed by atoms with E-state index in [0.717, 1.165) is 5.56 Å². The molecule has 0 aliphatic heterocycles. The standard InChI is InChI=1S/C22H25N3O3S/c1-16-8-11-20(13-21(16)29(27,28)23-2)24-22(26)15-25(3)14-17-9-10-18-6-4-5-7-19(18)12-17/h4-13,23H,14-15H2,1-3H3,(H,24,26). The normalized spacial score (nSPS) is 11.7. The number of hydrogen-bond donors (Lipinski definition) is 2. The molecule has 0 saturated carbocycles. The minimum Gasteiger partial charge on any atom is -0.325 e. The predicted octanol–water partition coefficient (Wildman–Crippen LogP) is 3.13. The fraction of sp³-hybridized carbons (Fsp3) is 0.227. The summed E-state index contributed by atoms with van der Waals surface area (Å²) in [6, 6.07) is 19.3. The number of likely N-dealkylation sites (N-methyl/N-ethyl adjacent to an activating group) is 1. The summed E-state index contributed by atoms with van der Waals surface area (Å²) in [5.41, 5.74) is 2.19. The van der Waals surface area contributed by atoms with E-state index < -0.39 is 10.0 Å². The number of aryl methyl sites for hydroxylation is 1. The predicted molar refractivity (Wildman–Crippen MR) is 116 cm³/mol. The zero-order chi connectivity index (χ0) is 21.0. The number of benzene rings is 3. The first-order valence-electron chi connectivity index (χ1n) is 9.29. The highest BCUT2D eigenvalue weighted by molar-refractivity contribution is 7.89. The summed E-state index contributed by atoms with van der Waals surface area (Å²) in [4.78, 5) is 14.5. The Kier molecular flexibility index (Phi) is 6.32. The van der Waals surface area contributed by atoms with Gasteiger partial charge in [-0.15, -0.1) is 0 Å². The van der Waals surface area contributed by atoms with Crippen LogP contribution < -0.4 is 10.0 Å². The van der Waals surface area contributed by atoms with Crippen LogP contribution in [0.15, 0.2) is 65.6 Å². The molecule has 0 bridgehead atoms. The Bertz CT molecular complexity index is 1140. The van der Waals surface area contributed by atoms with E-state index in [0.29, 0.717) is 17.8 Å². The van der Waals surface area contributed by atoms with E-state index in [-0.39, 0.29) is 17.3 Å². The molecule has 0 radical (unpaired) electrons. The molecule has 2 N–H and O–H groups in total.